The van der Waals surface area contributed by atoms with E-state index in [0.29, 0.717) is 28.3 Å². The van der Waals surface area contributed by atoms with Crippen LogP contribution in [0.5, 0.6) is 11.5 Å². The molecule has 0 radical (unpaired) electrons. The molecule has 3 N–H and O–H groups in total. The lowest BCUT2D eigenvalue weighted by Crippen LogP contribution is -2.23. The number of nitrogens with zero attached hydrogens (tertiary/aromatic N) is 1. The summed E-state index contributed by atoms with van der Waals surface area (Å²) in [5, 5.41) is 8.97. The van der Waals surface area contributed by atoms with Crippen LogP contribution in [-0.4, -0.2) is 36.5 Å². The molecule has 0 spiro atoms. The highest BCUT2D eigenvalue weighted by molar-refractivity contribution is 5.86. The molecule has 0 aliphatic carbocycles. The molecule has 23 heavy (non-hydrogen) atoms. The zero-order valence-corrected chi connectivity index (χ0v) is 13.1. The van der Waals surface area contributed by atoms with Gasteiger partial charge in [0.2, 0.25) is 5.91 Å². The van der Waals surface area contributed by atoms with Crippen molar-refractivity contribution in [3.63, 3.8) is 0 Å². The molecular weight excluding hydrogens is 300 g/mol. The largest absolute Gasteiger partial charge is 0.497 e. The number of carbonyl (C=O) groups is 1. The zero-order valence-electron chi connectivity index (χ0n) is 13.1. The van der Waals surface area contributed by atoms with Gasteiger partial charge in [-0.15, -0.1) is 0 Å². The van der Waals surface area contributed by atoms with Crippen molar-refractivity contribution < 1.29 is 14.3 Å². The zero-order chi connectivity index (χ0) is 16.8. The molecule has 122 valence electrons. The summed E-state index contributed by atoms with van der Waals surface area (Å²) in [7, 11) is 3.10. The molecule has 1 aromatic carbocycles. The third kappa shape index (κ3) is 4.00. The van der Waals surface area contributed by atoms with E-state index < -0.39 is 5.91 Å². The maximum absolute atomic E-state index is 11.8. The van der Waals surface area contributed by atoms with Gasteiger partial charge in [-0.25, -0.2) is 5.43 Å². The molecule has 0 aliphatic rings. The van der Waals surface area contributed by atoms with E-state index in [1.54, 1.807) is 39.3 Å². The van der Waals surface area contributed by atoms with Crippen molar-refractivity contribution in [2.45, 2.75) is 13.3 Å². The van der Waals surface area contributed by atoms with Crippen molar-refractivity contribution in [3.8, 4) is 11.5 Å². The number of hydrogen-bond acceptors (Lipinski definition) is 5. The maximum atomic E-state index is 11.8. The van der Waals surface area contributed by atoms with Gasteiger partial charge in [0.05, 0.1) is 26.9 Å². The van der Waals surface area contributed by atoms with Crippen LogP contribution >= 0.6 is 0 Å². The van der Waals surface area contributed by atoms with Crippen molar-refractivity contribution in [1.82, 2.24) is 15.6 Å². The van der Waals surface area contributed by atoms with Crippen LogP contribution in [0.2, 0.25) is 0 Å². The Morgan fingerprint density at radius 2 is 2.09 bits per heavy atom. The fourth-order valence-electron chi connectivity index (χ4n) is 2.00. The number of hydrogen-bond donors (Lipinski definition) is 3. The standard InChI is InChI=1S/C15H18N4O4/c1-9-12(15(21)19-17-9)7-14(20)18-16-8-10-6-11(22-2)4-5-13(10)23-3/h4-6,8H,7H2,1-3H3,(H,18,20)(H2,17,19,21)/b16-8+. The summed E-state index contributed by atoms with van der Waals surface area (Å²) in [5.41, 5.74) is 3.74. The van der Waals surface area contributed by atoms with Crippen LogP contribution in [0.4, 0.5) is 0 Å². The van der Waals surface area contributed by atoms with Gasteiger partial charge in [0, 0.05) is 16.8 Å². The second-order valence-corrected chi connectivity index (χ2v) is 4.76. The predicted molar refractivity (Wildman–Crippen MR) is 85.1 cm³/mol. The highest BCUT2D eigenvalue weighted by atomic mass is 16.5. The lowest BCUT2D eigenvalue weighted by molar-refractivity contribution is -0.120. The minimum Gasteiger partial charge on any atom is -0.497 e. The van der Waals surface area contributed by atoms with Crippen LogP contribution in [0.25, 0.3) is 0 Å². The third-order valence-corrected chi connectivity index (χ3v) is 3.26. The third-order valence-electron chi connectivity index (χ3n) is 3.26. The number of benzene rings is 1. The highest BCUT2D eigenvalue weighted by Gasteiger charge is 2.10. The Kier molecular flexibility index (Phi) is 5.19. The lowest BCUT2D eigenvalue weighted by atomic mass is 10.2. The number of ether oxygens (including phenoxy) is 2. The number of aryl methyl sites for hydroxylation is 1. The molecule has 0 saturated heterocycles. The van der Waals surface area contributed by atoms with Gasteiger partial charge in [-0.2, -0.15) is 5.10 Å². The Morgan fingerprint density at radius 1 is 1.30 bits per heavy atom. The summed E-state index contributed by atoms with van der Waals surface area (Å²) in [6.45, 7) is 1.71. The Labute approximate surface area is 132 Å². The molecular formula is C15H18N4O4. The molecule has 0 fully saturated rings. The number of amides is 1. The fraction of sp³-hybridized carbons (Fsp3) is 0.267. The first-order valence-electron chi connectivity index (χ1n) is 6.85. The van der Waals surface area contributed by atoms with Gasteiger partial charge in [0.15, 0.2) is 0 Å². The van der Waals surface area contributed by atoms with Gasteiger partial charge >= 0.3 is 0 Å². The first-order chi connectivity index (χ1) is 11.0. The monoisotopic (exact) mass is 318 g/mol. The molecule has 1 aromatic heterocycles. The molecule has 8 nitrogen and oxygen atoms in total. The quantitative estimate of drug-likeness (QED) is 0.538. The first kappa shape index (κ1) is 16.3. The van der Waals surface area contributed by atoms with Crippen LogP contribution in [0.3, 0.4) is 0 Å². The molecule has 8 heteroatoms. The Balaban J connectivity index is 2.04. The van der Waals surface area contributed by atoms with Crippen LogP contribution < -0.4 is 20.5 Å². The van der Waals surface area contributed by atoms with Crippen molar-refractivity contribution in [2.75, 3.05) is 14.2 Å². The number of rotatable bonds is 6. The average Bonchev–Trinajstić information content (AvgIpc) is 2.86. The number of hydrazone groups is 1. The summed E-state index contributed by atoms with van der Waals surface area (Å²) >= 11 is 0. The number of nitrogens with one attached hydrogen (secondary N) is 3. The van der Waals surface area contributed by atoms with E-state index in [0.717, 1.165) is 0 Å². The van der Waals surface area contributed by atoms with Gasteiger partial charge in [0.1, 0.15) is 11.5 Å². The minimum atomic E-state index is -0.392. The van der Waals surface area contributed by atoms with Gasteiger partial charge < -0.3 is 14.6 Å². The molecule has 2 aromatic rings. The van der Waals surface area contributed by atoms with E-state index in [-0.39, 0.29) is 12.0 Å². The van der Waals surface area contributed by atoms with E-state index in [2.05, 4.69) is 20.7 Å². The number of aromatic nitrogens is 2. The van der Waals surface area contributed by atoms with Gasteiger partial charge in [-0.1, -0.05) is 0 Å². The maximum Gasteiger partial charge on any atom is 0.267 e. The smallest absolute Gasteiger partial charge is 0.267 e. The van der Waals surface area contributed by atoms with Gasteiger partial charge in [-0.3, -0.25) is 14.7 Å². The molecule has 1 amide bonds. The summed E-state index contributed by atoms with van der Waals surface area (Å²) in [6, 6.07) is 5.23. The summed E-state index contributed by atoms with van der Waals surface area (Å²) < 4.78 is 10.3. The van der Waals surface area contributed by atoms with Gasteiger partial charge in [0.25, 0.3) is 5.56 Å². The highest BCUT2D eigenvalue weighted by Crippen LogP contribution is 2.22. The van der Waals surface area contributed by atoms with E-state index in [4.69, 9.17) is 9.47 Å². The molecule has 0 unspecified atom stereocenters. The summed E-state index contributed by atoms with van der Waals surface area (Å²) in [4.78, 5) is 23.3. The normalized spacial score (nSPS) is 10.7. The number of methoxy groups -OCH3 is 2. The van der Waals surface area contributed by atoms with Gasteiger partial charge in [-0.05, 0) is 25.1 Å². The van der Waals surface area contributed by atoms with Crippen LogP contribution in [-0.2, 0) is 11.2 Å². The SMILES string of the molecule is COc1ccc(OC)c(/C=N/NC(=O)Cc2c(C)[nH][nH]c2=O)c1. The fourth-order valence-corrected chi connectivity index (χ4v) is 2.00. The van der Waals surface area contributed by atoms with Crippen molar-refractivity contribution in [2.24, 2.45) is 5.10 Å². The Hall–Kier alpha value is -3.03. The second-order valence-electron chi connectivity index (χ2n) is 4.76. The summed E-state index contributed by atoms with van der Waals surface area (Å²) in [5.74, 6) is 0.853. The van der Waals surface area contributed by atoms with Crippen LogP contribution in [0.1, 0.15) is 16.8 Å². The van der Waals surface area contributed by atoms with Crippen LogP contribution in [0.15, 0.2) is 28.1 Å². The molecule has 0 atom stereocenters. The molecule has 1 heterocycles. The number of H-pyrrole nitrogens is 2. The Morgan fingerprint density at radius 3 is 2.70 bits per heavy atom. The van der Waals surface area contributed by atoms with E-state index in [1.807, 2.05) is 0 Å². The van der Waals surface area contributed by atoms with E-state index >= 15 is 0 Å². The molecule has 0 saturated carbocycles. The minimum absolute atomic E-state index is 0.0583. The Bertz CT molecular complexity index is 776. The molecule has 0 bridgehead atoms. The molecule has 2 rings (SSSR count). The number of aromatic amines is 2. The van der Waals surface area contributed by atoms with Crippen molar-refractivity contribution in [1.29, 1.82) is 0 Å². The van der Waals surface area contributed by atoms with E-state index in [9.17, 15) is 9.59 Å². The summed E-state index contributed by atoms with van der Waals surface area (Å²) in [6.07, 6.45) is 1.39. The second kappa shape index (κ2) is 7.30. The van der Waals surface area contributed by atoms with Crippen molar-refractivity contribution >= 4 is 12.1 Å². The van der Waals surface area contributed by atoms with Crippen molar-refractivity contribution in [3.05, 3.63) is 45.4 Å². The van der Waals surface area contributed by atoms with Crippen LogP contribution in [0, 0.1) is 6.92 Å². The average molecular weight is 318 g/mol. The first-order valence-corrected chi connectivity index (χ1v) is 6.85. The number of carbonyl (C=O) groups excluding carboxylic acids is 1. The lowest BCUT2D eigenvalue weighted by Gasteiger charge is -2.06. The topological polar surface area (TPSA) is 109 Å². The predicted octanol–water partition coefficient (Wildman–Crippen LogP) is 0.721. The molecule has 0 aliphatic heterocycles. The van der Waals surface area contributed by atoms with E-state index in [1.165, 1.54) is 6.21 Å².